The standard InChI is InChI=1S/C27H24ClN3O6S/c1-3-19-22(28)13-14-23(38(34,35)36)24(19)30-31-25-20-8-6-5-7-16(20)15-21(26(25)32)27(33)29-17-9-11-18(12-10-17)37-4-2/h5-15,32H,3-4H2,1-2H3,(H,29,33)(H,34,35,36). The summed E-state index contributed by atoms with van der Waals surface area (Å²) in [7, 11) is -4.65. The highest BCUT2D eigenvalue weighted by Gasteiger charge is 2.22. The average molecular weight is 554 g/mol. The van der Waals surface area contributed by atoms with Gasteiger partial charge in [-0.05, 0) is 66.8 Å². The number of azo groups is 1. The molecule has 0 saturated carbocycles. The molecule has 0 aromatic heterocycles. The first-order valence-corrected chi connectivity index (χ1v) is 13.4. The quantitative estimate of drug-likeness (QED) is 0.157. The summed E-state index contributed by atoms with van der Waals surface area (Å²) in [6.45, 7) is 4.12. The van der Waals surface area contributed by atoms with Crippen molar-refractivity contribution in [3.63, 3.8) is 0 Å². The summed E-state index contributed by atoms with van der Waals surface area (Å²) in [4.78, 5) is 12.7. The van der Waals surface area contributed by atoms with Crippen LogP contribution in [0.5, 0.6) is 11.5 Å². The van der Waals surface area contributed by atoms with E-state index in [9.17, 15) is 22.9 Å². The maximum atomic E-state index is 13.1. The first-order chi connectivity index (χ1) is 18.1. The van der Waals surface area contributed by atoms with Crippen molar-refractivity contribution in [2.24, 2.45) is 10.2 Å². The molecule has 0 atom stereocenters. The van der Waals surface area contributed by atoms with Crippen LogP contribution in [0, 0.1) is 0 Å². The SMILES string of the molecule is CCOc1ccc(NC(=O)c2cc3ccccc3c(N=Nc3c(S(=O)(=O)O)ccc(Cl)c3CC)c2O)cc1. The van der Waals surface area contributed by atoms with Crippen molar-refractivity contribution in [1.29, 1.82) is 0 Å². The molecule has 4 aromatic rings. The summed E-state index contributed by atoms with van der Waals surface area (Å²) < 4.78 is 39.1. The predicted octanol–water partition coefficient (Wildman–Crippen LogP) is 7.07. The van der Waals surface area contributed by atoms with Crippen LogP contribution in [-0.4, -0.2) is 30.6 Å². The van der Waals surface area contributed by atoms with Crippen molar-refractivity contribution in [1.82, 2.24) is 0 Å². The number of carbonyl (C=O) groups is 1. The maximum Gasteiger partial charge on any atom is 0.296 e. The van der Waals surface area contributed by atoms with Crippen molar-refractivity contribution in [3.8, 4) is 11.5 Å². The number of benzene rings is 4. The third-order valence-electron chi connectivity index (χ3n) is 5.73. The van der Waals surface area contributed by atoms with E-state index < -0.39 is 26.7 Å². The maximum absolute atomic E-state index is 13.1. The molecule has 3 N–H and O–H groups in total. The predicted molar refractivity (Wildman–Crippen MR) is 146 cm³/mol. The highest BCUT2D eigenvalue weighted by atomic mass is 35.5. The Morgan fingerprint density at radius 1 is 1.00 bits per heavy atom. The molecule has 0 unspecified atom stereocenters. The molecule has 0 spiro atoms. The Bertz CT molecular complexity index is 1650. The number of phenols is 1. The van der Waals surface area contributed by atoms with Crippen LogP contribution < -0.4 is 10.1 Å². The van der Waals surface area contributed by atoms with E-state index in [1.807, 2.05) is 6.92 Å². The third kappa shape index (κ3) is 5.62. The number of fused-ring (bicyclic) bond motifs is 1. The van der Waals surface area contributed by atoms with Crippen LogP contribution in [0.2, 0.25) is 5.02 Å². The molecule has 0 fully saturated rings. The van der Waals surface area contributed by atoms with Crippen LogP contribution in [0.15, 0.2) is 81.9 Å². The molecule has 0 aliphatic heterocycles. The lowest BCUT2D eigenvalue weighted by Gasteiger charge is -2.12. The van der Waals surface area contributed by atoms with Gasteiger partial charge in [0.1, 0.15) is 22.0 Å². The van der Waals surface area contributed by atoms with Crippen LogP contribution in [0.1, 0.15) is 29.8 Å². The molecule has 0 bridgehead atoms. The summed E-state index contributed by atoms with van der Waals surface area (Å²) in [6, 6.07) is 17.7. The van der Waals surface area contributed by atoms with Gasteiger partial charge < -0.3 is 15.2 Å². The molecule has 0 radical (unpaired) electrons. The molecular weight excluding hydrogens is 530 g/mol. The van der Waals surface area contributed by atoms with E-state index in [1.165, 1.54) is 12.1 Å². The smallest absolute Gasteiger partial charge is 0.296 e. The summed E-state index contributed by atoms with van der Waals surface area (Å²) in [5.41, 5.74) is 0.555. The number of aromatic hydroxyl groups is 1. The summed E-state index contributed by atoms with van der Waals surface area (Å²) >= 11 is 6.24. The number of carbonyl (C=O) groups excluding carboxylic acids is 1. The van der Waals surface area contributed by atoms with E-state index in [2.05, 4.69) is 15.5 Å². The van der Waals surface area contributed by atoms with Gasteiger partial charge >= 0.3 is 0 Å². The number of hydrogen-bond donors (Lipinski definition) is 3. The van der Waals surface area contributed by atoms with Crippen molar-refractivity contribution in [3.05, 3.63) is 82.9 Å². The number of anilines is 1. The van der Waals surface area contributed by atoms with E-state index >= 15 is 0 Å². The van der Waals surface area contributed by atoms with E-state index in [4.69, 9.17) is 16.3 Å². The van der Waals surface area contributed by atoms with Gasteiger partial charge in [-0.15, -0.1) is 10.2 Å². The van der Waals surface area contributed by atoms with Gasteiger partial charge in [0.15, 0.2) is 5.75 Å². The Hall–Kier alpha value is -3.99. The van der Waals surface area contributed by atoms with E-state index in [1.54, 1.807) is 55.5 Å². The lowest BCUT2D eigenvalue weighted by Crippen LogP contribution is -2.12. The van der Waals surface area contributed by atoms with Gasteiger partial charge in [-0.1, -0.05) is 42.8 Å². The van der Waals surface area contributed by atoms with Crippen LogP contribution in [0.3, 0.4) is 0 Å². The monoisotopic (exact) mass is 553 g/mol. The molecule has 0 aliphatic carbocycles. The van der Waals surface area contributed by atoms with Crippen molar-refractivity contribution in [2.45, 2.75) is 25.2 Å². The number of halogens is 1. The number of rotatable bonds is 8. The minimum Gasteiger partial charge on any atom is -0.505 e. The Morgan fingerprint density at radius 2 is 1.68 bits per heavy atom. The lowest BCUT2D eigenvalue weighted by molar-refractivity contribution is 0.102. The van der Waals surface area contributed by atoms with Crippen LogP contribution >= 0.6 is 11.6 Å². The van der Waals surface area contributed by atoms with Gasteiger partial charge in [0.2, 0.25) is 0 Å². The molecule has 0 aliphatic rings. The molecule has 38 heavy (non-hydrogen) atoms. The Kier molecular flexibility index (Phi) is 7.96. The first kappa shape index (κ1) is 27.1. The number of hydrogen-bond acceptors (Lipinski definition) is 7. The molecule has 196 valence electrons. The molecule has 4 aromatic carbocycles. The molecular formula is C27H24ClN3O6S. The van der Waals surface area contributed by atoms with Crippen LogP contribution in [0.25, 0.3) is 10.8 Å². The molecule has 9 nitrogen and oxygen atoms in total. The van der Waals surface area contributed by atoms with E-state index in [0.717, 1.165) is 6.07 Å². The molecule has 0 heterocycles. The Labute approximate surface area is 224 Å². The number of phenolic OH excluding ortho intramolecular Hbond substituents is 1. The average Bonchev–Trinajstić information content (AvgIpc) is 2.88. The zero-order valence-corrected chi connectivity index (χ0v) is 22.0. The fraction of sp³-hybridized carbons (Fsp3) is 0.148. The number of nitrogens with zero attached hydrogens (tertiary/aromatic N) is 2. The van der Waals surface area contributed by atoms with Crippen LogP contribution in [-0.2, 0) is 16.5 Å². The highest BCUT2D eigenvalue weighted by Crippen LogP contribution is 2.41. The molecule has 1 amide bonds. The second-order valence-electron chi connectivity index (χ2n) is 8.16. The normalized spacial score (nSPS) is 11.7. The fourth-order valence-electron chi connectivity index (χ4n) is 3.94. The van der Waals surface area contributed by atoms with Crippen molar-refractivity contribution >= 4 is 55.5 Å². The minimum atomic E-state index is -4.65. The van der Waals surface area contributed by atoms with Crippen LogP contribution in [0.4, 0.5) is 17.1 Å². The van der Waals surface area contributed by atoms with Gasteiger partial charge in [-0.25, -0.2) is 0 Å². The largest absolute Gasteiger partial charge is 0.505 e. The summed E-state index contributed by atoms with van der Waals surface area (Å²) in [5.74, 6) is -0.396. The first-order valence-electron chi connectivity index (χ1n) is 11.6. The van der Waals surface area contributed by atoms with Gasteiger partial charge in [0.05, 0.1) is 12.2 Å². The second kappa shape index (κ2) is 11.2. The lowest BCUT2D eigenvalue weighted by atomic mass is 10.0. The van der Waals surface area contributed by atoms with E-state index in [-0.39, 0.29) is 22.0 Å². The van der Waals surface area contributed by atoms with Gasteiger partial charge in [0, 0.05) is 16.1 Å². The number of nitrogens with one attached hydrogen (secondary N) is 1. The number of amides is 1. The highest BCUT2D eigenvalue weighted by molar-refractivity contribution is 7.86. The molecule has 0 saturated heterocycles. The third-order valence-corrected chi connectivity index (χ3v) is 6.97. The van der Waals surface area contributed by atoms with Crippen molar-refractivity contribution < 1.29 is 27.6 Å². The second-order valence-corrected chi connectivity index (χ2v) is 9.95. The Balaban J connectivity index is 1.81. The van der Waals surface area contributed by atoms with E-state index in [0.29, 0.717) is 40.8 Å². The number of ether oxygens (including phenoxy) is 1. The zero-order valence-electron chi connectivity index (χ0n) is 20.5. The summed E-state index contributed by atoms with van der Waals surface area (Å²) in [6.07, 6.45) is 0.299. The summed E-state index contributed by atoms with van der Waals surface area (Å²) in [5, 5.41) is 23.4. The minimum absolute atomic E-state index is 0.0525. The molecule has 11 heteroatoms. The molecule has 4 rings (SSSR count). The zero-order chi connectivity index (χ0) is 27.4. The topological polar surface area (TPSA) is 138 Å². The fourth-order valence-corrected chi connectivity index (χ4v) is 4.87. The Morgan fingerprint density at radius 3 is 2.34 bits per heavy atom. The van der Waals surface area contributed by atoms with Gasteiger partial charge in [-0.2, -0.15) is 8.42 Å². The van der Waals surface area contributed by atoms with Gasteiger partial charge in [-0.3, -0.25) is 9.35 Å². The van der Waals surface area contributed by atoms with Gasteiger partial charge in [0.25, 0.3) is 16.0 Å². The van der Waals surface area contributed by atoms with Crippen molar-refractivity contribution in [2.75, 3.05) is 11.9 Å².